The van der Waals surface area contributed by atoms with Crippen molar-refractivity contribution in [1.29, 1.82) is 0 Å². The van der Waals surface area contributed by atoms with Crippen molar-refractivity contribution in [3.63, 3.8) is 0 Å². The molecule has 0 bridgehead atoms. The summed E-state index contributed by atoms with van der Waals surface area (Å²) in [5.74, 6) is 0. The van der Waals surface area contributed by atoms with Gasteiger partial charge in [0, 0.05) is 20.3 Å². The molecule has 2 nitrogen and oxygen atoms in total. The molecule has 0 unspecified atom stereocenters. The van der Waals surface area contributed by atoms with Crippen molar-refractivity contribution in [3.8, 4) is 0 Å². The monoisotopic (exact) mass is 342 g/mol. The van der Waals surface area contributed by atoms with Crippen molar-refractivity contribution in [2.75, 3.05) is 34.7 Å². The summed E-state index contributed by atoms with van der Waals surface area (Å²) in [6, 6.07) is 0. The second-order valence-corrected chi connectivity index (χ2v) is 6.37. The third-order valence-electron chi connectivity index (χ3n) is 1.32. The summed E-state index contributed by atoms with van der Waals surface area (Å²) in [6.07, 6.45) is -3.10. The molecule has 0 aliphatic heterocycles. The van der Waals surface area contributed by atoms with Gasteiger partial charge in [0.05, 0.1) is 14.1 Å². The number of nitrogens with one attached hydrogen (secondary N) is 1. The Morgan fingerprint density at radius 1 is 1.00 bits per heavy atom. The zero-order valence-electron chi connectivity index (χ0n) is 11.1. The Balaban J connectivity index is 0. The Hall–Kier alpha value is -0.700. The predicted molar refractivity (Wildman–Crippen MR) is 59.1 cm³/mol. The molecule has 0 aromatic heterocycles. The second kappa shape index (κ2) is 5.59. The number of halogens is 9. The SMILES string of the molecule is CN(C)/C=C(/C[NH+](C)C)C(F)(F)F.F[P-](F)(F)(F)(F)F. The average molecular weight is 342 g/mol. The molecule has 0 saturated carbocycles. The van der Waals surface area contributed by atoms with Gasteiger partial charge < -0.3 is 9.80 Å². The van der Waals surface area contributed by atoms with Gasteiger partial charge in [0.2, 0.25) is 0 Å². The van der Waals surface area contributed by atoms with Gasteiger partial charge >= 0.3 is 39.2 Å². The van der Waals surface area contributed by atoms with Gasteiger partial charge in [-0.15, -0.1) is 0 Å². The van der Waals surface area contributed by atoms with E-state index < -0.39 is 19.6 Å². The maximum absolute atomic E-state index is 12.3. The van der Waals surface area contributed by atoms with E-state index in [0.29, 0.717) is 0 Å². The van der Waals surface area contributed by atoms with Crippen LogP contribution in [-0.4, -0.2) is 45.8 Å². The Labute approximate surface area is 110 Å². The van der Waals surface area contributed by atoms with E-state index in [2.05, 4.69) is 0 Å². The van der Waals surface area contributed by atoms with Crippen LogP contribution in [0.15, 0.2) is 11.8 Å². The number of likely N-dealkylation sites (N-methyl/N-ethyl adjacent to an activating group) is 1. The van der Waals surface area contributed by atoms with Crippen LogP contribution < -0.4 is 4.90 Å². The summed E-state index contributed by atoms with van der Waals surface area (Å²) in [5, 5.41) is 0. The molecule has 0 aliphatic carbocycles. The Morgan fingerprint density at radius 2 is 1.30 bits per heavy atom. The van der Waals surface area contributed by atoms with Gasteiger partial charge in [0.15, 0.2) is 0 Å². The molecular formula is C8H16F9N2P. The summed E-state index contributed by atoms with van der Waals surface area (Å²) in [7, 11) is -4.12. The molecule has 0 aliphatic rings. The fourth-order valence-electron chi connectivity index (χ4n) is 0.912. The van der Waals surface area contributed by atoms with Gasteiger partial charge in [-0.3, -0.25) is 0 Å². The zero-order chi connectivity index (χ0) is 17.1. The van der Waals surface area contributed by atoms with Crippen molar-refractivity contribution in [3.05, 3.63) is 11.8 Å². The fourth-order valence-corrected chi connectivity index (χ4v) is 0.912. The van der Waals surface area contributed by atoms with Gasteiger partial charge in [0.25, 0.3) is 0 Å². The van der Waals surface area contributed by atoms with Crippen LogP contribution in [0.1, 0.15) is 0 Å². The molecule has 0 saturated heterocycles. The summed E-state index contributed by atoms with van der Waals surface area (Å²) < 4.78 is 96.2. The predicted octanol–water partition coefficient (Wildman–Crippen LogP) is 3.52. The summed E-state index contributed by atoms with van der Waals surface area (Å²) in [5.41, 5.74) is -0.502. The molecule has 0 heterocycles. The second-order valence-electron chi connectivity index (χ2n) is 4.46. The molecule has 20 heavy (non-hydrogen) atoms. The third kappa shape index (κ3) is 26.0. The summed E-state index contributed by atoms with van der Waals surface area (Å²) in [6.45, 7) is -0.0122. The van der Waals surface area contributed by atoms with E-state index in [1.54, 1.807) is 28.2 Å². The van der Waals surface area contributed by atoms with E-state index in [1.807, 2.05) is 0 Å². The first-order valence-electron chi connectivity index (χ1n) is 4.98. The molecule has 0 radical (unpaired) electrons. The minimum absolute atomic E-state index is 0.0122. The number of hydrogen-bond donors (Lipinski definition) is 1. The van der Waals surface area contributed by atoms with Gasteiger partial charge in [0.1, 0.15) is 12.1 Å². The topological polar surface area (TPSA) is 7.68 Å². The van der Waals surface area contributed by atoms with Crippen molar-refractivity contribution in [2.24, 2.45) is 0 Å². The normalized spacial score (nSPS) is 17.0. The van der Waals surface area contributed by atoms with Crippen LogP contribution in [0.3, 0.4) is 0 Å². The Bertz CT molecular complexity index is 326. The molecule has 0 rings (SSSR count). The van der Waals surface area contributed by atoms with Crippen LogP contribution in [0.4, 0.5) is 38.4 Å². The van der Waals surface area contributed by atoms with E-state index in [1.165, 1.54) is 4.90 Å². The van der Waals surface area contributed by atoms with Crippen molar-refractivity contribution in [2.45, 2.75) is 6.18 Å². The van der Waals surface area contributed by atoms with Crippen LogP contribution in [0.2, 0.25) is 0 Å². The van der Waals surface area contributed by atoms with Crippen LogP contribution in [0.5, 0.6) is 0 Å². The minimum atomic E-state index is -10.7. The standard InChI is InChI=1S/C8H15F3N2.F6P/c1-12(2)5-7(6-13(3)4)8(9,10)11;1-7(2,3,4,5)6/h5H,6H2,1-4H3;/q;-1/p+1/b7-5-;. The quantitative estimate of drug-likeness (QED) is 0.609. The van der Waals surface area contributed by atoms with E-state index >= 15 is 0 Å². The first-order chi connectivity index (χ1) is 8.18. The van der Waals surface area contributed by atoms with Crippen LogP contribution in [0.25, 0.3) is 0 Å². The molecule has 12 heteroatoms. The number of nitrogens with zero attached hydrogens (tertiary/aromatic N) is 1. The maximum atomic E-state index is 12.3. The van der Waals surface area contributed by atoms with Gasteiger partial charge in [-0.05, 0) is 0 Å². The first kappa shape index (κ1) is 21.6. The first-order valence-corrected chi connectivity index (χ1v) is 7.01. The molecule has 0 spiro atoms. The third-order valence-corrected chi connectivity index (χ3v) is 1.32. The van der Waals surface area contributed by atoms with Crippen molar-refractivity contribution < 1.29 is 43.3 Å². The number of quaternary nitrogens is 1. The fraction of sp³-hybridized carbons (Fsp3) is 0.750. The van der Waals surface area contributed by atoms with Crippen LogP contribution in [-0.2, 0) is 0 Å². The van der Waals surface area contributed by atoms with Crippen LogP contribution >= 0.6 is 7.81 Å². The van der Waals surface area contributed by atoms with E-state index in [4.69, 9.17) is 0 Å². The van der Waals surface area contributed by atoms with Crippen molar-refractivity contribution in [1.82, 2.24) is 4.90 Å². The Kier molecular flexibility index (Phi) is 6.04. The van der Waals surface area contributed by atoms with E-state index in [0.717, 1.165) is 11.1 Å². The Morgan fingerprint density at radius 3 is 1.45 bits per heavy atom. The van der Waals surface area contributed by atoms with Gasteiger partial charge in [-0.1, -0.05) is 0 Å². The molecule has 1 N–H and O–H groups in total. The average Bonchev–Trinajstić information content (AvgIpc) is 1.92. The number of alkyl halides is 3. The zero-order valence-corrected chi connectivity index (χ0v) is 12.0. The molecule has 0 atom stereocenters. The summed E-state index contributed by atoms with van der Waals surface area (Å²) >= 11 is 0. The number of rotatable bonds is 3. The van der Waals surface area contributed by atoms with E-state index in [9.17, 15) is 38.4 Å². The molecule has 0 aromatic carbocycles. The molecular weight excluding hydrogens is 326 g/mol. The molecule has 0 amide bonds. The van der Waals surface area contributed by atoms with E-state index in [-0.39, 0.29) is 6.54 Å². The van der Waals surface area contributed by atoms with Crippen LogP contribution in [0, 0.1) is 0 Å². The molecule has 0 fully saturated rings. The number of hydrogen-bond acceptors (Lipinski definition) is 1. The van der Waals surface area contributed by atoms with Crippen molar-refractivity contribution >= 4 is 7.81 Å². The molecule has 0 aromatic rings. The van der Waals surface area contributed by atoms with Gasteiger partial charge in [-0.2, -0.15) is 13.2 Å². The summed E-state index contributed by atoms with van der Waals surface area (Å²) in [4.78, 5) is 2.16. The molecule has 126 valence electrons. The van der Waals surface area contributed by atoms with Gasteiger partial charge in [-0.25, -0.2) is 0 Å².